The van der Waals surface area contributed by atoms with E-state index in [9.17, 15) is 4.79 Å². The average Bonchev–Trinajstić information content (AvgIpc) is 2.14. The molecule has 0 fully saturated rings. The van der Waals surface area contributed by atoms with Crippen molar-refractivity contribution in [2.24, 2.45) is 0 Å². The predicted octanol–water partition coefficient (Wildman–Crippen LogP) is 1.00. The summed E-state index contributed by atoms with van der Waals surface area (Å²) >= 11 is 0. The van der Waals surface area contributed by atoms with Gasteiger partial charge in [0.15, 0.2) is 0 Å². The Morgan fingerprint density at radius 1 is 1.54 bits per heavy atom. The first-order valence-corrected chi connectivity index (χ1v) is 4.12. The summed E-state index contributed by atoms with van der Waals surface area (Å²) < 4.78 is 5.32. The third-order valence-corrected chi connectivity index (χ3v) is 1.43. The van der Waals surface area contributed by atoms with Crippen molar-refractivity contribution in [2.45, 2.75) is 6.92 Å². The number of carbonyl (C=O) groups excluding carboxylic acids is 1. The molecule has 0 spiro atoms. The van der Waals surface area contributed by atoms with Gasteiger partial charge in [-0.05, 0) is 18.2 Å². The van der Waals surface area contributed by atoms with Gasteiger partial charge in [-0.2, -0.15) is 0 Å². The van der Waals surface area contributed by atoms with Gasteiger partial charge in [0.1, 0.15) is 12.4 Å². The van der Waals surface area contributed by atoms with E-state index >= 15 is 0 Å². The van der Waals surface area contributed by atoms with Crippen LogP contribution in [0.3, 0.4) is 0 Å². The van der Waals surface area contributed by atoms with Crippen LogP contribution in [0.4, 0.5) is 0 Å². The van der Waals surface area contributed by atoms with Crippen LogP contribution in [0.15, 0.2) is 24.3 Å². The van der Waals surface area contributed by atoms with Crippen LogP contribution < -0.4 is 10.1 Å². The minimum Gasteiger partial charge on any atom is -0.492 e. The number of ether oxygens (including phenoxy) is 1. The fourth-order valence-corrected chi connectivity index (χ4v) is 0.864. The first kappa shape index (κ1) is 9.58. The van der Waals surface area contributed by atoms with Gasteiger partial charge in [0, 0.05) is 6.92 Å². The fourth-order valence-electron chi connectivity index (χ4n) is 0.864. The van der Waals surface area contributed by atoms with Crippen LogP contribution in [0.25, 0.3) is 0 Å². The van der Waals surface area contributed by atoms with Gasteiger partial charge in [-0.25, -0.2) is 0 Å². The van der Waals surface area contributed by atoms with E-state index in [1.807, 2.05) is 12.1 Å². The van der Waals surface area contributed by atoms with Gasteiger partial charge in [0.2, 0.25) is 5.91 Å². The largest absolute Gasteiger partial charge is 0.492 e. The average molecular weight is 178 g/mol. The number of nitrogens with one attached hydrogen (secondary N) is 1. The molecule has 1 amide bonds. The molecule has 0 saturated carbocycles. The van der Waals surface area contributed by atoms with Gasteiger partial charge in [0.05, 0.1) is 6.54 Å². The lowest BCUT2D eigenvalue weighted by atomic mass is 10.3. The smallest absolute Gasteiger partial charge is 0.216 e. The molecule has 13 heavy (non-hydrogen) atoms. The Hall–Kier alpha value is -1.51. The van der Waals surface area contributed by atoms with Gasteiger partial charge in [-0.15, -0.1) is 0 Å². The van der Waals surface area contributed by atoms with E-state index in [1.165, 1.54) is 6.92 Å². The third-order valence-electron chi connectivity index (χ3n) is 1.43. The Kier molecular flexibility index (Phi) is 3.82. The highest BCUT2D eigenvalue weighted by Crippen LogP contribution is 2.06. The molecule has 0 unspecified atom stereocenters. The van der Waals surface area contributed by atoms with Crippen LogP contribution >= 0.6 is 0 Å². The van der Waals surface area contributed by atoms with Gasteiger partial charge in [-0.1, -0.05) is 12.1 Å². The second kappa shape index (κ2) is 5.19. The molecule has 1 radical (unpaired) electrons. The Labute approximate surface area is 77.7 Å². The lowest BCUT2D eigenvalue weighted by Crippen LogP contribution is -2.25. The Bertz CT molecular complexity index is 259. The maximum absolute atomic E-state index is 10.5. The highest BCUT2D eigenvalue weighted by Gasteiger charge is 1.92. The maximum Gasteiger partial charge on any atom is 0.216 e. The fraction of sp³-hybridized carbons (Fsp3) is 0.300. The quantitative estimate of drug-likeness (QED) is 0.698. The molecule has 1 rings (SSSR count). The third kappa shape index (κ3) is 4.15. The summed E-state index contributed by atoms with van der Waals surface area (Å²) in [6, 6.07) is 10.1. The Morgan fingerprint density at radius 3 is 2.85 bits per heavy atom. The summed E-state index contributed by atoms with van der Waals surface area (Å²) in [7, 11) is 0. The van der Waals surface area contributed by atoms with Crippen LogP contribution in [0.2, 0.25) is 0 Å². The van der Waals surface area contributed by atoms with E-state index in [1.54, 1.807) is 12.1 Å². The zero-order chi connectivity index (χ0) is 9.52. The molecule has 1 N–H and O–H groups in total. The molecule has 3 nitrogen and oxygen atoms in total. The molecule has 0 aliphatic carbocycles. The summed E-state index contributed by atoms with van der Waals surface area (Å²) in [5.41, 5.74) is 0. The number of benzene rings is 1. The van der Waals surface area contributed by atoms with Crippen LogP contribution in [0.1, 0.15) is 6.92 Å². The van der Waals surface area contributed by atoms with Crippen molar-refractivity contribution in [1.29, 1.82) is 0 Å². The maximum atomic E-state index is 10.5. The second-order valence-electron chi connectivity index (χ2n) is 2.57. The van der Waals surface area contributed by atoms with Crippen molar-refractivity contribution in [3.63, 3.8) is 0 Å². The van der Waals surface area contributed by atoms with Gasteiger partial charge < -0.3 is 10.1 Å². The minimum absolute atomic E-state index is 0.0370. The molecular formula is C10H12NO2. The van der Waals surface area contributed by atoms with Crippen molar-refractivity contribution < 1.29 is 9.53 Å². The standard InChI is InChI=1S/C10H12NO2/c1-9(12)11-7-8-13-10-5-3-2-4-6-10/h3-6H,7-8H2,1H3,(H,11,12). The summed E-state index contributed by atoms with van der Waals surface area (Å²) in [6.45, 7) is 2.51. The normalized spacial score (nSPS) is 9.31. The summed E-state index contributed by atoms with van der Waals surface area (Å²) in [4.78, 5) is 10.5. The Morgan fingerprint density at radius 2 is 2.23 bits per heavy atom. The molecule has 69 valence electrons. The highest BCUT2D eigenvalue weighted by atomic mass is 16.5. The van der Waals surface area contributed by atoms with E-state index in [4.69, 9.17) is 4.74 Å². The molecule has 3 heteroatoms. The topological polar surface area (TPSA) is 38.3 Å². The molecule has 0 atom stereocenters. The highest BCUT2D eigenvalue weighted by molar-refractivity contribution is 5.72. The van der Waals surface area contributed by atoms with Crippen molar-refractivity contribution in [3.05, 3.63) is 30.3 Å². The van der Waals surface area contributed by atoms with Gasteiger partial charge in [-0.3, -0.25) is 4.79 Å². The summed E-state index contributed by atoms with van der Waals surface area (Å²) in [5.74, 6) is 0.758. The van der Waals surface area contributed by atoms with Gasteiger partial charge in [0.25, 0.3) is 0 Å². The molecule has 1 aromatic rings. The Balaban J connectivity index is 2.17. The molecular weight excluding hydrogens is 166 g/mol. The van der Waals surface area contributed by atoms with E-state index in [-0.39, 0.29) is 5.91 Å². The number of hydrogen-bond donors (Lipinski definition) is 1. The van der Waals surface area contributed by atoms with Crippen molar-refractivity contribution >= 4 is 5.91 Å². The van der Waals surface area contributed by atoms with Crippen LogP contribution in [0.5, 0.6) is 5.75 Å². The molecule has 0 aliphatic heterocycles. The summed E-state index contributed by atoms with van der Waals surface area (Å²) in [5, 5.41) is 2.64. The molecule has 0 bridgehead atoms. The minimum atomic E-state index is -0.0370. The number of carbonyl (C=O) groups is 1. The van der Waals surface area contributed by atoms with Crippen molar-refractivity contribution in [3.8, 4) is 5.75 Å². The van der Waals surface area contributed by atoms with Crippen molar-refractivity contribution in [2.75, 3.05) is 13.2 Å². The monoisotopic (exact) mass is 178 g/mol. The molecule has 0 aliphatic rings. The number of hydrogen-bond acceptors (Lipinski definition) is 2. The lowest BCUT2D eigenvalue weighted by Gasteiger charge is -2.05. The van der Waals surface area contributed by atoms with Crippen molar-refractivity contribution in [1.82, 2.24) is 5.32 Å². The molecule has 0 saturated heterocycles. The second-order valence-corrected chi connectivity index (χ2v) is 2.57. The van der Waals surface area contributed by atoms with E-state index in [0.717, 1.165) is 5.75 Å². The number of amides is 1. The predicted molar refractivity (Wildman–Crippen MR) is 49.5 cm³/mol. The van der Waals surface area contributed by atoms with Crippen LogP contribution in [-0.2, 0) is 4.79 Å². The zero-order valence-corrected chi connectivity index (χ0v) is 7.54. The van der Waals surface area contributed by atoms with Crippen LogP contribution in [0, 0.1) is 6.07 Å². The molecule has 0 aromatic heterocycles. The molecule has 1 aromatic carbocycles. The molecule has 0 heterocycles. The zero-order valence-electron chi connectivity index (χ0n) is 7.54. The SMILES string of the molecule is CC(=O)NCCOc1cc[c]cc1. The van der Waals surface area contributed by atoms with E-state index < -0.39 is 0 Å². The van der Waals surface area contributed by atoms with E-state index in [0.29, 0.717) is 13.2 Å². The lowest BCUT2D eigenvalue weighted by molar-refractivity contribution is -0.119. The van der Waals surface area contributed by atoms with Gasteiger partial charge >= 0.3 is 0 Å². The summed E-state index contributed by atoms with van der Waals surface area (Å²) in [6.07, 6.45) is 0. The van der Waals surface area contributed by atoms with Crippen LogP contribution in [-0.4, -0.2) is 19.1 Å². The first-order valence-electron chi connectivity index (χ1n) is 4.12. The number of rotatable bonds is 4. The first-order chi connectivity index (χ1) is 6.29. The van der Waals surface area contributed by atoms with E-state index in [2.05, 4.69) is 11.4 Å².